The Kier molecular flexibility index (Phi) is 7.84. The van der Waals surface area contributed by atoms with Crippen molar-refractivity contribution < 1.29 is 19.0 Å². The van der Waals surface area contributed by atoms with Gasteiger partial charge in [-0.1, -0.05) is 18.7 Å². The number of esters is 1. The van der Waals surface area contributed by atoms with Crippen LogP contribution in [0.5, 0.6) is 0 Å². The van der Waals surface area contributed by atoms with Crippen LogP contribution in [-0.2, 0) is 19.0 Å². The third-order valence-corrected chi connectivity index (χ3v) is 6.15. The first kappa shape index (κ1) is 23.4. The third-order valence-electron chi connectivity index (χ3n) is 6.15. The van der Waals surface area contributed by atoms with Crippen LogP contribution in [0.1, 0.15) is 73.3 Å². The minimum atomic E-state index is -0.448. The highest BCUT2D eigenvalue weighted by atomic mass is 16.7. The molecule has 1 aliphatic heterocycles. The smallest absolute Gasteiger partial charge is 0.303 e. The van der Waals surface area contributed by atoms with Crippen LogP contribution in [-0.4, -0.2) is 24.3 Å². The van der Waals surface area contributed by atoms with Crippen LogP contribution >= 0.6 is 0 Å². The highest BCUT2D eigenvalue weighted by Gasteiger charge is 2.34. The molecule has 0 aliphatic carbocycles. The van der Waals surface area contributed by atoms with Gasteiger partial charge in [0.15, 0.2) is 6.29 Å². The maximum absolute atomic E-state index is 11.5. The third kappa shape index (κ3) is 5.37. The Morgan fingerprint density at radius 1 is 1.07 bits per heavy atom. The molecule has 2 rings (SSSR count). The fourth-order valence-electron chi connectivity index (χ4n) is 4.03. The molecule has 1 fully saturated rings. The normalized spacial score (nSPS) is 23.2. The zero-order valence-electron chi connectivity index (χ0n) is 19.2. The van der Waals surface area contributed by atoms with Gasteiger partial charge in [0.2, 0.25) is 0 Å². The van der Waals surface area contributed by atoms with Crippen LogP contribution in [0.3, 0.4) is 0 Å². The van der Waals surface area contributed by atoms with E-state index >= 15 is 0 Å². The highest BCUT2D eigenvalue weighted by Crippen LogP contribution is 2.38. The fourth-order valence-corrected chi connectivity index (χ4v) is 4.03. The lowest BCUT2D eigenvalue weighted by molar-refractivity contribution is -0.241. The second kappa shape index (κ2) is 9.73. The largest absolute Gasteiger partial charge is 0.458 e. The zero-order valence-corrected chi connectivity index (χ0v) is 19.2. The molecule has 0 unspecified atom stereocenters. The van der Waals surface area contributed by atoms with E-state index in [9.17, 15) is 4.79 Å². The van der Waals surface area contributed by atoms with Gasteiger partial charge in [0.05, 0.1) is 12.2 Å². The Hall–Kier alpha value is -1.91. The molecule has 0 radical (unpaired) electrons. The first-order valence-corrected chi connectivity index (χ1v) is 10.4. The van der Waals surface area contributed by atoms with Crippen molar-refractivity contribution >= 4 is 5.97 Å². The summed E-state index contributed by atoms with van der Waals surface area (Å²) in [5.74, 6) is -0.303. The van der Waals surface area contributed by atoms with Gasteiger partial charge in [0.25, 0.3) is 0 Å². The van der Waals surface area contributed by atoms with Gasteiger partial charge < -0.3 is 14.2 Å². The standard InChI is InChI=1S/C25H36O4/c1-10-11-21-12-22(13-23(14(2)3)27-20(9)26)29-25(28-21)24-18(7)16(5)15(4)17(6)19(24)8/h10-11,21-23,25H,2,12-13H2,1,3-9H3/b11-10+/t21-,22-,23+,25-/m0/s1. The number of carbonyl (C=O) groups excluding carboxylic acids is 1. The molecule has 0 bridgehead atoms. The minimum absolute atomic E-state index is 0.0486. The summed E-state index contributed by atoms with van der Waals surface area (Å²) in [7, 11) is 0. The van der Waals surface area contributed by atoms with Crippen molar-refractivity contribution in [3.8, 4) is 0 Å². The second-order valence-corrected chi connectivity index (χ2v) is 8.24. The molecule has 0 aromatic heterocycles. The maximum Gasteiger partial charge on any atom is 0.303 e. The molecule has 1 heterocycles. The second-order valence-electron chi connectivity index (χ2n) is 8.24. The van der Waals surface area contributed by atoms with Crippen LogP contribution in [0, 0.1) is 34.6 Å². The maximum atomic E-state index is 11.5. The number of hydrogen-bond donors (Lipinski definition) is 0. The Labute approximate surface area is 175 Å². The van der Waals surface area contributed by atoms with Gasteiger partial charge in [-0.15, -0.1) is 0 Å². The molecule has 1 aromatic carbocycles. The molecular formula is C25H36O4. The molecule has 1 aromatic rings. The van der Waals surface area contributed by atoms with Gasteiger partial charge in [-0.2, -0.15) is 0 Å². The number of hydrogen-bond acceptors (Lipinski definition) is 4. The first-order chi connectivity index (χ1) is 13.6. The number of allylic oxidation sites excluding steroid dienone is 1. The molecule has 4 atom stereocenters. The van der Waals surface area contributed by atoms with Crippen LogP contribution < -0.4 is 0 Å². The lowest BCUT2D eigenvalue weighted by Crippen LogP contribution is -2.36. The van der Waals surface area contributed by atoms with E-state index in [1.54, 1.807) is 0 Å². The van der Waals surface area contributed by atoms with E-state index in [-0.39, 0.29) is 24.3 Å². The van der Waals surface area contributed by atoms with E-state index in [2.05, 4.69) is 47.3 Å². The summed E-state index contributed by atoms with van der Waals surface area (Å²) in [4.78, 5) is 11.5. The molecule has 1 saturated heterocycles. The average molecular weight is 401 g/mol. The van der Waals surface area contributed by atoms with E-state index < -0.39 is 6.29 Å². The number of rotatable bonds is 6. The van der Waals surface area contributed by atoms with Crippen molar-refractivity contribution in [2.45, 2.75) is 92.8 Å². The van der Waals surface area contributed by atoms with Crippen LogP contribution in [0.2, 0.25) is 0 Å². The molecule has 29 heavy (non-hydrogen) atoms. The van der Waals surface area contributed by atoms with Gasteiger partial charge in [-0.3, -0.25) is 4.79 Å². The molecule has 0 N–H and O–H groups in total. The lowest BCUT2D eigenvalue weighted by atomic mass is 9.89. The first-order valence-electron chi connectivity index (χ1n) is 10.4. The summed E-state index contributed by atoms with van der Waals surface area (Å²) in [6, 6.07) is 0. The molecular weight excluding hydrogens is 364 g/mol. The number of carbonyl (C=O) groups is 1. The van der Waals surface area contributed by atoms with Crippen molar-refractivity contribution in [2.24, 2.45) is 0 Å². The molecule has 0 saturated carbocycles. The highest BCUT2D eigenvalue weighted by molar-refractivity contribution is 5.66. The van der Waals surface area contributed by atoms with Gasteiger partial charge >= 0.3 is 5.97 Å². The fraction of sp³-hybridized carbons (Fsp3) is 0.560. The summed E-state index contributed by atoms with van der Waals surface area (Å²) >= 11 is 0. The predicted octanol–water partition coefficient (Wildman–Crippen LogP) is 5.88. The van der Waals surface area contributed by atoms with E-state index in [1.165, 1.54) is 34.7 Å². The summed E-state index contributed by atoms with van der Waals surface area (Å²) < 4.78 is 18.2. The monoisotopic (exact) mass is 400 g/mol. The van der Waals surface area contributed by atoms with Gasteiger partial charge in [-0.25, -0.2) is 0 Å². The Balaban J connectivity index is 2.39. The van der Waals surface area contributed by atoms with Gasteiger partial charge in [0, 0.05) is 25.3 Å². The van der Waals surface area contributed by atoms with Gasteiger partial charge in [-0.05, 0) is 81.9 Å². The van der Waals surface area contributed by atoms with Crippen LogP contribution in [0.15, 0.2) is 24.3 Å². The van der Waals surface area contributed by atoms with E-state index in [0.29, 0.717) is 12.8 Å². The van der Waals surface area contributed by atoms with Gasteiger partial charge in [0.1, 0.15) is 6.10 Å². The van der Waals surface area contributed by atoms with Crippen molar-refractivity contribution in [2.75, 3.05) is 0 Å². The Morgan fingerprint density at radius 3 is 2.10 bits per heavy atom. The number of ether oxygens (including phenoxy) is 3. The molecule has 0 amide bonds. The predicted molar refractivity (Wildman–Crippen MR) is 117 cm³/mol. The zero-order chi connectivity index (χ0) is 21.9. The van der Waals surface area contributed by atoms with Crippen molar-refractivity contribution in [3.63, 3.8) is 0 Å². The topological polar surface area (TPSA) is 44.8 Å². The van der Waals surface area contributed by atoms with Crippen LogP contribution in [0.25, 0.3) is 0 Å². The summed E-state index contributed by atoms with van der Waals surface area (Å²) in [5, 5.41) is 0. The van der Waals surface area contributed by atoms with Crippen molar-refractivity contribution in [1.29, 1.82) is 0 Å². The van der Waals surface area contributed by atoms with E-state index in [1.807, 2.05) is 19.9 Å². The quantitative estimate of drug-likeness (QED) is 0.442. The Bertz CT molecular complexity index is 777. The summed E-state index contributed by atoms with van der Waals surface area (Å²) in [6.07, 6.45) is 4.42. The summed E-state index contributed by atoms with van der Waals surface area (Å²) in [6.45, 7) is 20.1. The number of benzene rings is 1. The summed E-state index contributed by atoms with van der Waals surface area (Å²) in [5.41, 5.74) is 8.24. The van der Waals surface area contributed by atoms with Crippen molar-refractivity contribution in [1.82, 2.24) is 0 Å². The SMILES string of the molecule is C=C(C)[C@@H](C[C@@H]1C[C@H](/C=C/C)O[C@H](c2c(C)c(C)c(C)c(C)c2C)O1)OC(C)=O. The average Bonchev–Trinajstić information content (AvgIpc) is 2.64. The molecule has 0 spiro atoms. The molecule has 4 heteroatoms. The van der Waals surface area contributed by atoms with Crippen molar-refractivity contribution in [3.05, 3.63) is 57.7 Å². The van der Waals surface area contributed by atoms with E-state index in [4.69, 9.17) is 14.2 Å². The van der Waals surface area contributed by atoms with Crippen LogP contribution in [0.4, 0.5) is 0 Å². The molecule has 1 aliphatic rings. The van der Waals surface area contributed by atoms with E-state index in [0.717, 1.165) is 11.1 Å². The molecule has 160 valence electrons. The minimum Gasteiger partial charge on any atom is -0.458 e. The lowest BCUT2D eigenvalue weighted by Gasteiger charge is -2.38. The Morgan fingerprint density at radius 2 is 1.62 bits per heavy atom. The molecule has 4 nitrogen and oxygen atoms in total.